The molecule has 1 unspecified atom stereocenters. The number of carbonyl (C=O) groups is 2. The van der Waals surface area contributed by atoms with Gasteiger partial charge in [-0.05, 0) is 73.2 Å². The summed E-state index contributed by atoms with van der Waals surface area (Å²) in [7, 11) is 0. The molecule has 0 saturated carbocycles. The Bertz CT molecular complexity index is 1590. The molecule has 1 aliphatic rings. The van der Waals surface area contributed by atoms with Crippen molar-refractivity contribution in [1.29, 1.82) is 0 Å². The topological polar surface area (TPSA) is 89.5 Å². The van der Waals surface area contributed by atoms with E-state index in [0.717, 1.165) is 35.4 Å². The Hall–Kier alpha value is -4.39. The number of ketones is 1. The second-order valence-electron chi connectivity index (χ2n) is 11.3. The fourth-order valence-corrected chi connectivity index (χ4v) is 5.36. The Morgan fingerprint density at radius 3 is 2.30 bits per heavy atom. The first-order valence-electron chi connectivity index (χ1n) is 13.8. The summed E-state index contributed by atoms with van der Waals surface area (Å²) in [5, 5.41) is 11.8. The highest BCUT2D eigenvalue weighted by molar-refractivity contribution is 6.51. The maximum atomic E-state index is 13.7. The van der Waals surface area contributed by atoms with Gasteiger partial charge in [0.25, 0.3) is 5.78 Å². The summed E-state index contributed by atoms with van der Waals surface area (Å²) >= 11 is 0. The van der Waals surface area contributed by atoms with Gasteiger partial charge in [0, 0.05) is 24.3 Å². The lowest BCUT2D eigenvalue weighted by atomic mass is 9.84. The zero-order valence-electron chi connectivity index (χ0n) is 23.9. The smallest absolute Gasteiger partial charge is 0.302 e. The number of aromatic nitrogens is 2. The highest BCUT2D eigenvalue weighted by Gasteiger charge is 2.48. The number of hydrogen-bond donors (Lipinski definition) is 2. The first kappa shape index (κ1) is 27.2. The maximum Gasteiger partial charge on any atom is 0.302 e. The van der Waals surface area contributed by atoms with E-state index in [4.69, 9.17) is 0 Å². The molecule has 4 aromatic rings. The van der Waals surface area contributed by atoms with E-state index < -0.39 is 17.7 Å². The van der Waals surface area contributed by atoms with Gasteiger partial charge in [0.1, 0.15) is 5.76 Å². The third kappa shape index (κ3) is 4.66. The summed E-state index contributed by atoms with van der Waals surface area (Å²) in [4.78, 5) is 38.8. The average molecular weight is 537 g/mol. The summed E-state index contributed by atoms with van der Waals surface area (Å²) in [5.74, 6) is -1.39. The molecule has 1 aliphatic heterocycles. The van der Waals surface area contributed by atoms with Crippen LogP contribution in [0.15, 0.2) is 72.3 Å². The molecule has 1 aromatic heterocycles. The van der Waals surface area contributed by atoms with E-state index in [-0.39, 0.29) is 22.7 Å². The van der Waals surface area contributed by atoms with Crippen LogP contribution in [0.4, 0.5) is 11.6 Å². The van der Waals surface area contributed by atoms with Crippen molar-refractivity contribution in [3.63, 3.8) is 0 Å². The molecule has 0 radical (unpaired) electrons. The zero-order valence-corrected chi connectivity index (χ0v) is 23.9. The normalized spacial score (nSPS) is 17.1. The van der Waals surface area contributed by atoms with Gasteiger partial charge < -0.3 is 15.0 Å². The largest absolute Gasteiger partial charge is 0.507 e. The molecule has 40 heavy (non-hydrogen) atoms. The van der Waals surface area contributed by atoms with Crippen molar-refractivity contribution < 1.29 is 14.7 Å². The number of imidazole rings is 1. The number of carbonyl (C=O) groups excluding carboxylic acids is 2. The number of hydrogen-bond acceptors (Lipinski definition) is 5. The second kappa shape index (κ2) is 10.3. The van der Waals surface area contributed by atoms with Gasteiger partial charge >= 0.3 is 5.91 Å². The number of nitrogens with zero attached hydrogens (tertiary/aromatic N) is 3. The van der Waals surface area contributed by atoms with Crippen LogP contribution in [0.5, 0.6) is 0 Å². The zero-order chi connectivity index (χ0) is 28.8. The van der Waals surface area contributed by atoms with Crippen LogP contribution in [-0.2, 0) is 15.0 Å². The quantitative estimate of drug-likeness (QED) is 0.164. The van der Waals surface area contributed by atoms with E-state index >= 15 is 0 Å². The number of aliphatic hydroxyl groups excluding tert-OH is 1. The number of aryl methyl sites for hydroxylation is 1. The first-order chi connectivity index (χ1) is 19.0. The molecule has 0 spiro atoms. The number of aliphatic hydroxyl groups is 1. The van der Waals surface area contributed by atoms with E-state index in [1.807, 2.05) is 73.7 Å². The minimum atomic E-state index is -0.857. The molecule has 2 heterocycles. The molecule has 7 heteroatoms. The predicted octanol–water partition coefficient (Wildman–Crippen LogP) is 6.64. The molecule has 1 saturated heterocycles. The van der Waals surface area contributed by atoms with Crippen LogP contribution < -0.4 is 9.80 Å². The molecule has 1 amide bonds. The molecule has 1 atom stereocenters. The fourth-order valence-electron chi connectivity index (χ4n) is 5.36. The first-order valence-corrected chi connectivity index (χ1v) is 13.8. The molecule has 7 nitrogen and oxygen atoms in total. The standard InChI is InChI=1S/C33H36N4O3/c1-7-36(8-2)23-17-14-21(15-18-23)28-27(29(38)24-19-22(33(4,5)6)16-13-20(24)3)30(39)31(40)37(28)32-34-25-11-9-10-12-26(25)35-32/h9-19,28,38H,7-8H2,1-6H3,(H,34,35)/b29-27+. The lowest BCUT2D eigenvalue weighted by Crippen LogP contribution is -2.30. The van der Waals surface area contributed by atoms with Gasteiger partial charge in [0.15, 0.2) is 0 Å². The van der Waals surface area contributed by atoms with Crippen LogP contribution in [0.2, 0.25) is 0 Å². The van der Waals surface area contributed by atoms with Crippen LogP contribution in [0, 0.1) is 6.92 Å². The summed E-state index contributed by atoms with van der Waals surface area (Å²) in [5.41, 5.74) is 5.46. The van der Waals surface area contributed by atoms with Crippen LogP contribution in [0.25, 0.3) is 16.8 Å². The Morgan fingerprint density at radius 2 is 1.68 bits per heavy atom. The van der Waals surface area contributed by atoms with Crippen molar-refractivity contribution in [2.24, 2.45) is 0 Å². The highest BCUT2D eigenvalue weighted by atomic mass is 16.3. The highest BCUT2D eigenvalue weighted by Crippen LogP contribution is 2.43. The number of nitrogens with one attached hydrogen (secondary N) is 1. The Balaban J connectivity index is 1.72. The number of amides is 1. The minimum Gasteiger partial charge on any atom is -0.507 e. The lowest BCUT2D eigenvalue weighted by molar-refractivity contribution is -0.132. The van der Waals surface area contributed by atoms with Gasteiger partial charge in [-0.25, -0.2) is 4.98 Å². The molecule has 5 rings (SSSR count). The third-order valence-electron chi connectivity index (χ3n) is 7.75. The Kier molecular flexibility index (Phi) is 7.00. The number of rotatable bonds is 6. The monoisotopic (exact) mass is 536 g/mol. The fraction of sp³-hybridized carbons (Fsp3) is 0.303. The number of H-pyrrole nitrogens is 1. The number of Topliss-reactive ketones (excluding diaryl/α,β-unsaturated/α-hetero) is 1. The van der Waals surface area contributed by atoms with Gasteiger partial charge in [0.2, 0.25) is 5.95 Å². The van der Waals surface area contributed by atoms with Gasteiger partial charge in [-0.1, -0.05) is 57.2 Å². The molecule has 2 N–H and O–H groups in total. The van der Waals surface area contributed by atoms with Crippen molar-refractivity contribution in [3.05, 3.63) is 94.6 Å². The van der Waals surface area contributed by atoms with Crippen molar-refractivity contribution in [2.75, 3.05) is 22.9 Å². The van der Waals surface area contributed by atoms with Gasteiger partial charge in [-0.15, -0.1) is 0 Å². The Labute approximate surface area is 235 Å². The van der Waals surface area contributed by atoms with Crippen molar-refractivity contribution in [2.45, 2.75) is 53.0 Å². The van der Waals surface area contributed by atoms with E-state index in [1.165, 1.54) is 4.90 Å². The predicted molar refractivity (Wildman–Crippen MR) is 161 cm³/mol. The van der Waals surface area contributed by atoms with Gasteiger partial charge in [-0.3, -0.25) is 14.5 Å². The molecule has 0 aliphatic carbocycles. The van der Waals surface area contributed by atoms with E-state index in [1.54, 1.807) is 0 Å². The molecule has 0 bridgehead atoms. The van der Waals surface area contributed by atoms with Crippen LogP contribution in [-0.4, -0.2) is 39.9 Å². The summed E-state index contributed by atoms with van der Waals surface area (Å²) in [6, 6.07) is 20.3. The Morgan fingerprint density at radius 1 is 1.00 bits per heavy atom. The number of anilines is 2. The summed E-state index contributed by atoms with van der Waals surface area (Å²) in [6.07, 6.45) is 0. The second-order valence-corrected chi connectivity index (χ2v) is 11.3. The van der Waals surface area contributed by atoms with Crippen molar-refractivity contribution in [3.8, 4) is 0 Å². The van der Waals surface area contributed by atoms with Gasteiger partial charge in [0.05, 0.1) is 22.6 Å². The van der Waals surface area contributed by atoms with Crippen molar-refractivity contribution >= 4 is 40.1 Å². The SMILES string of the molecule is CCN(CC)c1ccc(C2/C(=C(\O)c3cc(C(C)(C)C)ccc3C)C(=O)C(=O)N2c2nc3ccccc3[nH]2)cc1. The molecule has 1 fully saturated rings. The number of benzene rings is 3. The molecule has 206 valence electrons. The van der Waals surface area contributed by atoms with E-state index in [9.17, 15) is 14.7 Å². The average Bonchev–Trinajstić information content (AvgIpc) is 3.47. The molecular formula is C33H36N4O3. The maximum absolute atomic E-state index is 13.7. The van der Waals surface area contributed by atoms with Crippen LogP contribution >= 0.6 is 0 Å². The minimum absolute atomic E-state index is 0.0511. The third-order valence-corrected chi connectivity index (χ3v) is 7.75. The van der Waals surface area contributed by atoms with E-state index in [0.29, 0.717) is 16.6 Å². The van der Waals surface area contributed by atoms with E-state index in [2.05, 4.69) is 49.5 Å². The van der Waals surface area contributed by atoms with Crippen LogP contribution in [0.3, 0.4) is 0 Å². The van der Waals surface area contributed by atoms with Crippen molar-refractivity contribution in [1.82, 2.24) is 9.97 Å². The summed E-state index contributed by atoms with van der Waals surface area (Å²) < 4.78 is 0. The number of fused-ring (bicyclic) bond motifs is 1. The van der Waals surface area contributed by atoms with Crippen LogP contribution in [0.1, 0.15) is 62.9 Å². The number of aromatic amines is 1. The van der Waals surface area contributed by atoms with Gasteiger partial charge in [-0.2, -0.15) is 0 Å². The number of para-hydroxylation sites is 2. The molecule has 3 aromatic carbocycles. The molecular weight excluding hydrogens is 500 g/mol. The summed E-state index contributed by atoms with van der Waals surface area (Å²) in [6.45, 7) is 14.1. The lowest BCUT2D eigenvalue weighted by Gasteiger charge is -2.25.